The van der Waals surface area contributed by atoms with Crippen molar-refractivity contribution in [2.75, 3.05) is 6.61 Å². The van der Waals surface area contributed by atoms with Crippen molar-refractivity contribution in [2.24, 2.45) is 17.1 Å². The van der Waals surface area contributed by atoms with Crippen molar-refractivity contribution in [3.8, 4) is 0 Å². The van der Waals surface area contributed by atoms with E-state index >= 15 is 0 Å². The van der Waals surface area contributed by atoms with E-state index in [1.165, 1.54) is 32.1 Å². The molecule has 0 aromatic rings. The summed E-state index contributed by atoms with van der Waals surface area (Å²) in [5, 5.41) is 7.53. The summed E-state index contributed by atoms with van der Waals surface area (Å²) in [4.78, 5) is 0. The Bertz CT molecular complexity index is 276. The molecule has 1 aliphatic rings. The molecular formula is C16H32N2O. The van der Waals surface area contributed by atoms with Crippen molar-refractivity contribution in [2.45, 2.75) is 78.2 Å². The first-order chi connectivity index (χ1) is 8.95. The van der Waals surface area contributed by atoms with Gasteiger partial charge in [-0.05, 0) is 31.6 Å². The zero-order chi connectivity index (χ0) is 14.3. The van der Waals surface area contributed by atoms with Gasteiger partial charge in [-0.15, -0.1) is 0 Å². The first kappa shape index (κ1) is 16.5. The molecule has 1 saturated carbocycles. The Hall–Kier alpha value is -0.570. The summed E-state index contributed by atoms with van der Waals surface area (Å²) in [5.41, 5.74) is 5.43. The zero-order valence-electron chi connectivity index (χ0n) is 13.0. The molecule has 0 radical (unpaired) electrons. The van der Waals surface area contributed by atoms with E-state index in [2.05, 4.69) is 6.92 Å². The summed E-state index contributed by atoms with van der Waals surface area (Å²) in [6.45, 7) is 7.25. The van der Waals surface area contributed by atoms with E-state index in [-0.39, 0.29) is 5.41 Å². The van der Waals surface area contributed by atoms with Gasteiger partial charge in [0.2, 0.25) is 0 Å². The van der Waals surface area contributed by atoms with Gasteiger partial charge in [0, 0.05) is 12.0 Å². The maximum atomic E-state index is 7.53. The Labute approximate surface area is 118 Å². The molecule has 0 amide bonds. The summed E-state index contributed by atoms with van der Waals surface area (Å²) in [6, 6.07) is 0. The predicted molar refractivity (Wildman–Crippen MR) is 81.5 cm³/mol. The highest BCUT2D eigenvalue weighted by atomic mass is 16.5. The van der Waals surface area contributed by atoms with Crippen molar-refractivity contribution in [3.63, 3.8) is 0 Å². The Morgan fingerprint density at radius 1 is 1.32 bits per heavy atom. The minimum Gasteiger partial charge on any atom is -0.387 e. The summed E-state index contributed by atoms with van der Waals surface area (Å²) >= 11 is 0. The van der Waals surface area contributed by atoms with Crippen LogP contribution in [0, 0.1) is 16.7 Å². The molecule has 0 saturated heterocycles. The van der Waals surface area contributed by atoms with E-state index in [9.17, 15) is 0 Å². The maximum absolute atomic E-state index is 7.53. The summed E-state index contributed by atoms with van der Waals surface area (Å²) in [6.07, 6.45) is 10.2. The highest BCUT2D eigenvalue weighted by Gasteiger charge is 2.22. The van der Waals surface area contributed by atoms with Crippen LogP contribution in [0.15, 0.2) is 0 Å². The molecule has 0 heterocycles. The third kappa shape index (κ3) is 5.94. The minimum absolute atomic E-state index is 0.155. The van der Waals surface area contributed by atoms with Crippen LogP contribution in [0.3, 0.4) is 0 Å². The number of nitrogens with one attached hydrogen (secondary N) is 1. The number of rotatable bonds is 8. The molecule has 2 unspecified atom stereocenters. The molecule has 1 rings (SSSR count). The molecule has 1 aliphatic carbocycles. The summed E-state index contributed by atoms with van der Waals surface area (Å²) in [7, 11) is 0. The van der Waals surface area contributed by atoms with Crippen molar-refractivity contribution >= 4 is 5.84 Å². The van der Waals surface area contributed by atoms with Crippen LogP contribution in [0.2, 0.25) is 0 Å². The number of ether oxygens (including phenoxy) is 1. The number of amidine groups is 1. The number of hydrogen-bond acceptors (Lipinski definition) is 2. The van der Waals surface area contributed by atoms with E-state index in [0.717, 1.165) is 31.8 Å². The van der Waals surface area contributed by atoms with Gasteiger partial charge in [-0.1, -0.05) is 46.5 Å². The van der Waals surface area contributed by atoms with E-state index < -0.39 is 0 Å². The lowest BCUT2D eigenvalue weighted by Gasteiger charge is -2.28. The smallest absolute Gasteiger partial charge is 0.0963 e. The first-order valence-electron chi connectivity index (χ1n) is 7.91. The van der Waals surface area contributed by atoms with Gasteiger partial charge in [-0.3, -0.25) is 5.41 Å². The average molecular weight is 268 g/mol. The second kappa shape index (κ2) is 7.88. The van der Waals surface area contributed by atoms with Crippen LogP contribution in [-0.4, -0.2) is 18.5 Å². The molecule has 2 atom stereocenters. The first-order valence-corrected chi connectivity index (χ1v) is 7.91. The van der Waals surface area contributed by atoms with Gasteiger partial charge >= 0.3 is 0 Å². The molecule has 3 heteroatoms. The molecule has 3 N–H and O–H groups in total. The normalized spacial score (nSPS) is 24.4. The quantitative estimate of drug-likeness (QED) is 0.395. The van der Waals surface area contributed by atoms with Gasteiger partial charge in [0.1, 0.15) is 0 Å². The lowest BCUT2D eigenvalue weighted by molar-refractivity contribution is 0.0103. The van der Waals surface area contributed by atoms with E-state index in [1.54, 1.807) is 0 Å². The number of nitrogens with two attached hydrogens (primary N) is 1. The lowest BCUT2D eigenvalue weighted by Crippen LogP contribution is -2.30. The van der Waals surface area contributed by atoms with Gasteiger partial charge in [0.05, 0.1) is 11.9 Å². The van der Waals surface area contributed by atoms with Crippen LogP contribution < -0.4 is 5.73 Å². The summed E-state index contributed by atoms with van der Waals surface area (Å²) < 4.78 is 6.01. The van der Waals surface area contributed by atoms with Crippen LogP contribution in [0.5, 0.6) is 0 Å². The Balaban J connectivity index is 2.09. The topological polar surface area (TPSA) is 59.1 Å². The Morgan fingerprint density at radius 3 is 2.68 bits per heavy atom. The number of unbranched alkanes of at least 4 members (excludes halogenated alkanes) is 1. The molecule has 19 heavy (non-hydrogen) atoms. The largest absolute Gasteiger partial charge is 0.387 e. The highest BCUT2D eigenvalue weighted by Crippen LogP contribution is 2.28. The Morgan fingerprint density at radius 2 is 2.05 bits per heavy atom. The van der Waals surface area contributed by atoms with Crippen molar-refractivity contribution in [1.82, 2.24) is 0 Å². The molecule has 0 aliphatic heterocycles. The van der Waals surface area contributed by atoms with E-state index in [4.69, 9.17) is 15.9 Å². The van der Waals surface area contributed by atoms with Gasteiger partial charge in [0.15, 0.2) is 0 Å². The second-order valence-electron chi connectivity index (χ2n) is 6.69. The van der Waals surface area contributed by atoms with Crippen LogP contribution in [0.1, 0.15) is 72.1 Å². The molecule has 0 aromatic carbocycles. The third-order valence-electron chi connectivity index (χ3n) is 4.59. The van der Waals surface area contributed by atoms with E-state index in [0.29, 0.717) is 11.9 Å². The molecule has 3 nitrogen and oxygen atoms in total. The molecule has 0 bridgehead atoms. The monoisotopic (exact) mass is 268 g/mol. The predicted octanol–water partition coefficient (Wildman–Crippen LogP) is 4.10. The van der Waals surface area contributed by atoms with Crippen molar-refractivity contribution in [1.29, 1.82) is 5.41 Å². The lowest BCUT2D eigenvalue weighted by atomic mass is 9.85. The Kier molecular flexibility index (Phi) is 6.84. The fraction of sp³-hybridized carbons (Fsp3) is 0.938. The van der Waals surface area contributed by atoms with Crippen LogP contribution in [0.25, 0.3) is 0 Å². The van der Waals surface area contributed by atoms with Crippen LogP contribution in [0.4, 0.5) is 0 Å². The van der Waals surface area contributed by atoms with Gasteiger partial charge < -0.3 is 10.5 Å². The maximum Gasteiger partial charge on any atom is 0.0963 e. The van der Waals surface area contributed by atoms with E-state index in [1.807, 2.05) is 13.8 Å². The molecule has 0 aromatic heterocycles. The van der Waals surface area contributed by atoms with Gasteiger partial charge in [-0.2, -0.15) is 0 Å². The SMILES string of the molecule is CCC1CCCC(OCCCCC(C)(C)C(=N)N)C1. The fourth-order valence-electron chi connectivity index (χ4n) is 2.82. The third-order valence-corrected chi connectivity index (χ3v) is 4.59. The number of hydrogen-bond donors (Lipinski definition) is 2. The minimum atomic E-state index is -0.155. The second-order valence-corrected chi connectivity index (χ2v) is 6.69. The molecule has 0 spiro atoms. The van der Waals surface area contributed by atoms with Gasteiger partial charge in [0.25, 0.3) is 0 Å². The van der Waals surface area contributed by atoms with Gasteiger partial charge in [-0.25, -0.2) is 0 Å². The molecule has 1 fully saturated rings. The average Bonchev–Trinajstić information content (AvgIpc) is 2.38. The summed E-state index contributed by atoms with van der Waals surface area (Å²) in [5.74, 6) is 1.18. The van der Waals surface area contributed by atoms with Crippen molar-refractivity contribution in [3.05, 3.63) is 0 Å². The van der Waals surface area contributed by atoms with Crippen molar-refractivity contribution < 1.29 is 4.74 Å². The van der Waals surface area contributed by atoms with Crippen LogP contribution in [-0.2, 0) is 4.74 Å². The molecular weight excluding hydrogens is 236 g/mol. The fourth-order valence-corrected chi connectivity index (χ4v) is 2.82. The zero-order valence-corrected chi connectivity index (χ0v) is 13.0. The molecule has 112 valence electrons. The standard InChI is InChI=1S/C16H32N2O/c1-4-13-8-7-9-14(12-13)19-11-6-5-10-16(2,3)15(17)18/h13-14H,4-12H2,1-3H3,(H3,17,18). The van der Waals surface area contributed by atoms with Crippen LogP contribution >= 0.6 is 0 Å². The highest BCUT2D eigenvalue weighted by molar-refractivity contribution is 5.82.